The molecule has 6 nitrogen and oxygen atoms in total. The van der Waals surface area contributed by atoms with E-state index in [-0.39, 0.29) is 11.7 Å². The van der Waals surface area contributed by atoms with Crippen molar-refractivity contribution in [1.29, 1.82) is 0 Å². The van der Waals surface area contributed by atoms with Gasteiger partial charge in [-0.3, -0.25) is 4.72 Å². The van der Waals surface area contributed by atoms with Gasteiger partial charge in [0.2, 0.25) is 10.0 Å². The molecule has 0 atom stereocenters. The Kier molecular flexibility index (Phi) is 6.52. The van der Waals surface area contributed by atoms with Crippen molar-refractivity contribution in [2.45, 2.75) is 39.7 Å². The number of sulfonamides is 1. The van der Waals surface area contributed by atoms with Crippen LogP contribution in [0.15, 0.2) is 42.5 Å². The number of fused-ring (bicyclic) bond motifs is 1. The molecule has 0 aliphatic heterocycles. The van der Waals surface area contributed by atoms with Gasteiger partial charge in [0.05, 0.1) is 22.7 Å². The number of hydrogen-bond acceptors (Lipinski definition) is 4. The summed E-state index contributed by atoms with van der Waals surface area (Å²) in [4.78, 5) is 0. The average Bonchev–Trinajstić information content (AvgIpc) is 3.51. The molecule has 0 saturated heterocycles. The van der Waals surface area contributed by atoms with Crippen molar-refractivity contribution in [3.8, 4) is 17.0 Å². The smallest absolute Gasteiger partial charge is 0.272 e. The van der Waals surface area contributed by atoms with Crippen LogP contribution in [0.3, 0.4) is 0 Å². The third-order valence-corrected chi connectivity index (χ3v) is 7.23. The maximum Gasteiger partial charge on any atom is 0.272 e. The van der Waals surface area contributed by atoms with E-state index in [0.717, 1.165) is 41.5 Å². The SMILES string of the molecule is CC(C)CS(=O)(=O)Nc1ccc(-c2c(N)c3ccc(OCC(F)F)cc3n2CC2CC2)cc1. The maximum atomic E-state index is 12.6. The third-order valence-electron chi connectivity index (χ3n) is 5.57. The normalized spacial score (nSPS) is 14.4. The summed E-state index contributed by atoms with van der Waals surface area (Å²) in [6, 6.07) is 12.3. The molecule has 1 aliphatic carbocycles. The lowest BCUT2D eigenvalue weighted by Gasteiger charge is -2.13. The number of benzene rings is 2. The number of nitrogen functional groups attached to an aromatic ring is 1. The largest absolute Gasteiger partial charge is 0.488 e. The quantitative estimate of drug-likeness (QED) is 0.413. The van der Waals surface area contributed by atoms with Crippen molar-refractivity contribution < 1.29 is 21.9 Å². The molecule has 0 spiro atoms. The monoisotopic (exact) mass is 477 g/mol. The van der Waals surface area contributed by atoms with Gasteiger partial charge in [0.15, 0.2) is 0 Å². The fourth-order valence-corrected chi connectivity index (χ4v) is 5.48. The highest BCUT2D eigenvalue weighted by molar-refractivity contribution is 7.92. The zero-order valence-electron chi connectivity index (χ0n) is 18.7. The van der Waals surface area contributed by atoms with Gasteiger partial charge in [-0.1, -0.05) is 26.0 Å². The van der Waals surface area contributed by atoms with Gasteiger partial charge in [0, 0.05) is 29.2 Å². The summed E-state index contributed by atoms with van der Waals surface area (Å²) in [6.45, 7) is 3.82. The first-order valence-corrected chi connectivity index (χ1v) is 12.7. The van der Waals surface area contributed by atoms with Crippen LogP contribution in [0.5, 0.6) is 5.75 Å². The Morgan fingerprint density at radius 3 is 2.45 bits per heavy atom. The highest BCUT2D eigenvalue weighted by Gasteiger charge is 2.26. The van der Waals surface area contributed by atoms with Gasteiger partial charge in [-0.05, 0) is 48.9 Å². The molecule has 0 unspecified atom stereocenters. The molecule has 1 aliphatic rings. The van der Waals surface area contributed by atoms with Crippen LogP contribution < -0.4 is 15.2 Å². The highest BCUT2D eigenvalue weighted by Crippen LogP contribution is 2.41. The van der Waals surface area contributed by atoms with E-state index in [1.54, 1.807) is 30.3 Å². The molecule has 1 heterocycles. The minimum atomic E-state index is -3.42. The summed E-state index contributed by atoms with van der Waals surface area (Å²) in [5, 5.41) is 0.830. The molecule has 3 aromatic rings. The van der Waals surface area contributed by atoms with Crippen LogP contribution in [-0.2, 0) is 16.6 Å². The Bertz CT molecular complexity index is 1230. The molecular weight excluding hydrogens is 448 g/mol. The Balaban J connectivity index is 1.69. The first-order chi connectivity index (χ1) is 15.6. The number of ether oxygens (including phenoxy) is 1. The summed E-state index contributed by atoms with van der Waals surface area (Å²) >= 11 is 0. The predicted octanol–water partition coefficient (Wildman–Crippen LogP) is 5.34. The van der Waals surface area contributed by atoms with Gasteiger partial charge in [-0.2, -0.15) is 0 Å². The second-order valence-corrected chi connectivity index (χ2v) is 10.8. The maximum absolute atomic E-state index is 12.6. The molecule has 1 saturated carbocycles. The molecule has 3 N–H and O–H groups in total. The molecule has 9 heteroatoms. The third kappa shape index (κ3) is 5.58. The van der Waals surface area contributed by atoms with Crippen LogP contribution in [0.4, 0.5) is 20.2 Å². The van der Waals surface area contributed by atoms with Crippen molar-refractivity contribution in [2.24, 2.45) is 11.8 Å². The minimum absolute atomic E-state index is 0.0225. The Labute approximate surface area is 192 Å². The van der Waals surface area contributed by atoms with Gasteiger partial charge >= 0.3 is 0 Å². The highest BCUT2D eigenvalue weighted by atomic mass is 32.2. The number of hydrogen-bond donors (Lipinski definition) is 2. The van der Waals surface area contributed by atoms with Crippen LogP contribution in [0, 0.1) is 11.8 Å². The summed E-state index contributed by atoms with van der Waals surface area (Å²) in [7, 11) is -3.42. The second-order valence-electron chi connectivity index (χ2n) is 9.05. The number of anilines is 2. The van der Waals surface area contributed by atoms with E-state index in [9.17, 15) is 17.2 Å². The lowest BCUT2D eigenvalue weighted by molar-refractivity contribution is 0.0819. The van der Waals surface area contributed by atoms with E-state index < -0.39 is 23.1 Å². The molecule has 33 heavy (non-hydrogen) atoms. The predicted molar refractivity (Wildman–Crippen MR) is 128 cm³/mol. The van der Waals surface area contributed by atoms with E-state index in [4.69, 9.17) is 10.5 Å². The Hall–Kier alpha value is -2.81. The molecule has 2 aromatic carbocycles. The van der Waals surface area contributed by atoms with Crippen molar-refractivity contribution in [1.82, 2.24) is 4.57 Å². The molecule has 178 valence electrons. The molecule has 0 bridgehead atoms. The second kappa shape index (κ2) is 9.21. The van der Waals surface area contributed by atoms with E-state index in [1.807, 2.05) is 26.0 Å². The van der Waals surface area contributed by atoms with Crippen LogP contribution in [0.2, 0.25) is 0 Å². The molecule has 1 fully saturated rings. The molecule has 0 radical (unpaired) electrons. The number of rotatable bonds is 10. The van der Waals surface area contributed by atoms with E-state index in [1.165, 1.54) is 0 Å². The van der Waals surface area contributed by atoms with E-state index >= 15 is 0 Å². The number of alkyl halides is 2. The molecular formula is C24H29F2N3O3S. The Morgan fingerprint density at radius 2 is 1.85 bits per heavy atom. The fraction of sp³-hybridized carbons (Fsp3) is 0.417. The first-order valence-electron chi connectivity index (χ1n) is 11.1. The number of nitrogens with one attached hydrogen (secondary N) is 1. The lowest BCUT2D eigenvalue weighted by Crippen LogP contribution is -2.19. The summed E-state index contributed by atoms with van der Waals surface area (Å²) < 4.78 is 59.6. The van der Waals surface area contributed by atoms with Gasteiger partial charge < -0.3 is 15.0 Å². The van der Waals surface area contributed by atoms with Gasteiger partial charge in [0.25, 0.3) is 6.43 Å². The number of nitrogens with two attached hydrogens (primary N) is 1. The summed E-state index contributed by atoms with van der Waals surface area (Å²) in [6.07, 6.45) is -0.273. The van der Waals surface area contributed by atoms with Crippen molar-refractivity contribution in [2.75, 3.05) is 22.8 Å². The fourth-order valence-electron chi connectivity index (χ4n) is 4.02. The van der Waals surface area contributed by atoms with Crippen molar-refractivity contribution >= 4 is 32.3 Å². The Morgan fingerprint density at radius 1 is 1.15 bits per heavy atom. The molecule has 0 amide bonds. The lowest BCUT2D eigenvalue weighted by atomic mass is 10.1. The van der Waals surface area contributed by atoms with Crippen LogP contribution >= 0.6 is 0 Å². The van der Waals surface area contributed by atoms with Crippen molar-refractivity contribution in [3.63, 3.8) is 0 Å². The number of halogens is 2. The molecule has 1 aromatic heterocycles. The topological polar surface area (TPSA) is 86.3 Å². The number of nitrogens with zero attached hydrogens (tertiary/aromatic N) is 1. The zero-order chi connectivity index (χ0) is 23.8. The van der Waals surface area contributed by atoms with Gasteiger partial charge in [-0.15, -0.1) is 0 Å². The number of aromatic nitrogens is 1. The van der Waals surface area contributed by atoms with E-state index in [0.29, 0.717) is 23.0 Å². The van der Waals surface area contributed by atoms with Gasteiger partial charge in [0.1, 0.15) is 12.4 Å². The minimum Gasteiger partial charge on any atom is -0.488 e. The standard InChI is InChI=1S/C24H29F2N3O3S/c1-15(2)14-33(30,31)28-18-7-5-17(6-8-18)24-23(27)20-10-9-19(32-13-22(25)26)11-21(20)29(24)12-16-3-4-16/h5-11,15-16,22,28H,3-4,12-14,27H2,1-2H3. The van der Waals surface area contributed by atoms with Crippen LogP contribution in [0.25, 0.3) is 22.2 Å². The van der Waals surface area contributed by atoms with Crippen molar-refractivity contribution in [3.05, 3.63) is 42.5 Å². The first kappa shape index (κ1) is 23.4. The summed E-state index contributed by atoms with van der Waals surface area (Å²) in [5.74, 6) is 0.993. The zero-order valence-corrected chi connectivity index (χ0v) is 19.5. The van der Waals surface area contributed by atoms with Crippen LogP contribution in [0.1, 0.15) is 26.7 Å². The van der Waals surface area contributed by atoms with E-state index in [2.05, 4.69) is 9.29 Å². The molecule has 4 rings (SSSR count). The average molecular weight is 478 g/mol. The summed E-state index contributed by atoms with van der Waals surface area (Å²) in [5.41, 5.74) is 10.2. The van der Waals surface area contributed by atoms with Gasteiger partial charge in [-0.25, -0.2) is 17.2 Å². The van der Waals surface area contributed by atoms with Crippen LogP contribution in [-0.4, -0.2) is 31.8 Å².